The Morgan fingerprint density at radius 1 is 0.903 bits per heavy atom. The van der Waals surface area contributed by atoms with Gasteiger partial charge in [-0.25, -0.2) is 0 Å². The summed E-state index contributed by atoms with van der Waals surface area (Å²) in [5.41, 5.74) is 1.81. The van der Waals surface area contributed by atoms with Crippen LogP contribution >= 0.6 is 0 Å². The second kappa shape index (κ2) is 9.25. The molecule has 2 aromatic carbocycles. The van der Waals surface area contributed by atoms with Crippen molar-refractivity contribution in [3.63, 3.8) is 0 Å². The summed E-state index contributed by atoms with van der Waals surface area (Å²) in [6.45, 7) is 6.58. The van der Waals surface area contributed by atoms with E-state index in [1.54, 1.807) is 0 Å². The summed E-state index contributed by atoms with van der Waals surface area (Å²) in [6, 6.07) is 7.73. The highest BCUT2D eigenvalue weighted by Gasteiger charge is 2.28. The van der Waals surface area contributed by atoms with Crippen molar-refractivity contribution in [3.8, 4) is 0 Å². The summed E-state index contributed by atoms with van der Waals surface area (Å²) in [5.74, 6) is 1.39. The van der Waals surface area contributed by atoms with Gasteiger partial charge in [-0.15, -0.1) is 0 Å². The number of hydrogen-bond donors (Lipinski definition) is 2. The molecule has 0 bridgehead atoms. The number of piperidine rings is 1. The third-order valence-corrected chi connectivity index (χ3v) is 7.02. The summed E-state index contributed by atoms with van der Waals surface area (Å²) in [6.07, 6.45) is 6.53. The normalized spacial score (nSPS) is 22.5. The lowest BCUT2D eigenvalue weighted by Crippen LogP contribution is -2.45. The first kappa shape index (κ1) is 21.6. The fourth-order valence-electron chi connectivity index (χ4n) is 4.72. The highest BCUT2D eigenvalue weighted by Crippen LogP contribution is 2.26. The van der Waals surface area contributed by atoms with Gasteiger partial charge in [-0.05, 0) is 68.1 Å². The minimum Gasteiger partial charge on any atom is -0.376 e. The molecule has 31 heavy (non-hydrogen) atoms. The van der Waals surface area contributed by atoms with Gasteiger partial charge in [0.25, 0.3) is 16.8 Å². The first-order chi connectivity index (χ1) is 14.9. The number of hydrogen-bond acceptors (Lipinski definition) is 5. The van der Waals surface area contributed by atoms with Crippen LogP contribution in [0.2, 0.25) is 0 Å². The van der Waals surface area contributed by atoms with Gasteiger partial charge in [0.15, 0.2) is 0 Å². The topological polar surface area (TPSA) is 78.5 Å². The molecule has 1 amide bonds. The maximum absolute atomic E-state index is 12.5. The third-order valence-electron chi connectivity index (χ3n) is 7.02. The standard InChI is InChI=1S/C25H33N3O3/c1-16-3-9-20(10-4-16)27-25(31)19-7-5-18(6-8-19)15-26-21-22(24(30)23(21)29)28-13-11-17(2)12-14-28/h5-8,16-17,20,26H,3-4,9-15H2,1-2H3,(H,27,31). The zero-order chi connectivity index (χ0) is 22.0. The fourth-order valence-corrected chi connectivity index (χ4v) is 4.72. The van der Waals surface area contributed by atoms with Gasteiger partial charge in [0, 0.05) is 31.2 Å². The Balaban J connectivity index is 1.33. The van der Waals surface area contributed by atoms with Gasteiger partial charge in [0.1, 0.15) is 11.4 Å². The molecule has 4 rings (SSSR count). The zero-order valence-corrected chi connectivity index (χ0v) is 18.6. The minimum atomic E-state index is -0.425. The number of nitrogens with zero attached hydrogens (tertiary/aromatic N) is 1. The number of nitrogens with one attached hydrogen (secondary N) is 2. The Morgan fingerprint density at radius 3 is 2.16 bits per heavy atom. The number of benzene rings is 1. The average molecular weight is 424 g/mol. The van der Waals surface area contributed by atoms with Crippen LogP contribution < -0.4 is 26.4 Å². The van der Waals surface area contributed by atoms with Crippen LogP contribution in [0.1, 0.15) is 68.3 Å². The van der Waals surface area contributed by atoms with Gasteiger partial charge in [-0.3, -0.25) is 14.4 Å². The molecule has 2 fully saturated rings. The van der Waals surface area contributed by atoms with E-state index in [0.717, 1.165) is 50.3 Å². The van der Waals surface area contributed by atoms with Crippen LogP contribution in [0.15, 0.2) is 33.9 Å². The Labute approximate surface area is 183 Å². The molecular formula is C25H33N3O3. The molecule has 166 valence electrons. The number of rotatable bonds is 6. The van der Waals surface area contributed by atoms with Crippen LogP contribution in [0, 0.1) is 11.8 Å². The lowest BCUT2D eigenvalue weighted by atomic mass is 9.87. The number of amides is 1. The smallest absolute Gasteiger partial charge is 0.253 e. The van der Waals surface area contributed by atoms with Crippen LogP contribution in [0.5, 0.6) is 0 Å². The summed E-state index contributed by atoms with van der Waals surface area (Å²) in [4.78, 5) is 38.8. The second-order valence-corrected chi connectivity index (χ2v) is 9.53. The van der Waals surface area contributed by atoms with Crippen molar-refractivity contribution >= 4 is 17.3 Å². The van der Waals surface area contributed by atoms with Gasteiger partial charge in [0.05, 0.1) is 0 Å². The molecule has 1 aliphatic heterocycles. The number of carbonyl (C=O) groups excluding carboxylic acids is 1. The lowest BCUT2D eigenvalue weighted by molar-refractivity contribution is 0.0923. The van der Waals surface area contributed by atoms with Crippen LogP contribution in [0.3, 0.4) is 0 Å². The molecule has 0 unspecified atom stereocenters. The van der Waals surface area contributed by atoms with Crippen LogP contribution in [0.25, 0.3) is 0 Å². The van der Waals surface area contributed by atoms with Crippen molar-refractivity contribution in [2.24, 2.45) is 11.8 Å². The predicted octanol–water partition coefficient (Wildman–Crippen LogP) is 3.44. The molecule has 0 spiro atoms. The van der Waals surface area contributed by atoms with E-state index < -0.39 is 5.43 Å². The summed E-state index contributed by atoms with van der Waals surface area (Å²) >= 11 is 0. The van der Waals surface area contributed by atoms with Gasteiger partial charge in [-0.2, -0.15) is 0 Å². The van der Waals surface area contributed by atoms with E-state index in [-0.39, 0.29) is 17.4 Å². The van der Waals surface area contributed by atoms with E-state index in [9.17, 15) is 14.4 Å². The summed E-state index contributed by atoms with van der Waals surface area (Å²) < 4.78 is 0. The maximum atomic E-state index is 12.5. The van der Waals surface area contributed by atoms with E-state index in [1.165, 1.54) is 12.8 Å². The zero-order valence-electron chi connectivity index (χ0n) is 18.6. The van der Waals surface area contributed by atoms with Crippen molar-refractivity contribution in [1.29, 1.82) is 0 Å². The lowest BCUT2D eigenvalue weighted by Gasteiger charge is -2.33. The molecule has 0 atom stereocenters. The SMILES string of the molecule is CC1CCC(NC(=O)c2ccc(CNc3c(N4CCC(C)CC4)c(=O)c3=O)cc2)CC1. The molecule has 0 aromatic heterocycles. The Morgan fingerprint density at radius 2 is 1.52 bits per heavy atom. The molecule has 2 N–H and O–H groups in total. The molecule has 2 aromatic rings. The molecule has 2 aliphatic rings. The largest absolute Gasteiger partial charge is 0.376 e. The van der Waals surface area contributed by atoms with Crippen molar-refractivity contribution in [3.05, 3.63) is 55.8 Å². The van der Waals surface area contributed by atoms with Crippen molar-refractivity contribution in [2.45, 2.75) is 65.0 Å². The van der Waals surface area contributed by atoms with E-state index >= 15 is 0 Å². The van der Waals surface area contributed by atoms with Gasteiger partial charge in [0.2, 0.25) is 0 Å². The number of carbonyl (C=O) groups is 1. The van der Waals surface area contributed by atoms with E-state index in [1.807, 2.05) is 29.2 Å². The minimum absolute atomic E-state index is 0.0249. The van der Waals surface area contributed by atoms with E-state index in [0.29, 0.717) is 29.4 Å². The quantitative estimate of drug-likeness (QED) is 0.696. The summed E-state index contributed by atoms with van der Waals surface area (Å²) in [5, 5.41) is 6.31. The average Bonchev–Trinajstić information content (AvgIpc) is 2.79. The van der Waals surface area contributed by atoms with E-state index in [2.05, 4.69) is 24.5 Å². The van der Waals surface area contributed by atoms with Gasteiger partial charge >= 0.3 is 0 Å². The predicted molar refractivity (Wildman–Crippen MR) is 125 cm³/mol. The van der Waals surface area contributed by atoms with Gasteiger partial charge in [-0.1, -0.05) is 26.0 Å². The van der Waals surface area contributed by atoms with Crippen LogP contribution in [0.4, 0.5) is 11.4 Å². The highest BCUT2D eigenvalue weighted by molar-refractivity contribution is 5.94. The second-order valence-electron chi connectivity index (χ2n) is 9.53. The molecule has 1 saturated carbocycles. The Kier molecular flexibility index (Phi) is 6.44. The molecule has 6 nitrogen and oxygen atoms in total. The van der Waals surface area contributed by atoms with Crippen molar-refractivity contribution in [1.82, 2.24) is 5.32 Å². The first-order valence-corrected chi connectivity index (χ1v) is 11.6. The van der Waals surface area contributed by atoms with Crippen LogP contribution in [-0.2, 0) is 6.54 Å². The molecule has 1 saturated heterocycles. The molecule has 1 aliphatic carbocycles. The monoisotopic (exact) mass is 423 g/mol. The number of anilines is 2. The molecule has 6 heteroatoms. The highest BCUT2D eigenvalue weighted by atomic mass is 16.2. The molecule has 0 radical (unpaired) electrons. The van der Waals surface area contributed by atoms with Gasteiger partial charge < -0.3 is 15.5 Å². The Hall–Kier alpha value is -2.63. The van der Waals surface area contributed by atoms with E-state index in [4.69, 9.17) is 0 Å². The summed E-state index contributed by atoms with van der Waals surface area (Å²) in [7, 11) is 0. The van der Waals surface area contributed by atoms with Crippen molar-refractivity contribution in [2.75, 3.05) is 23.3 Å². The fraction of sp³-hybridized carbons (Fsp3) is 0.560. The maximum Gasteiger partial charge on any atom is 0.253 e. The molecule has 1 heterocycles. The molecular weight excluding hydrogens is 390 g/mol. The van der Waals surface area contributed by atoms with Crippen LogP contribution in [-0.4, -0.2) is 25.0 Å². The van der Waals surface area contributed by atoms with Crippen molar-refractivity contribution < 1.29 is 4.79 Å². The first-order valence-electron chi connectivity index (χ1n) is 11.6. The third kappa shape index (κ3) is 4.83. The Bertz CT molecular complexity index is 975.